The van der Waals surface area contributed by atoms with Crippen molar-refractivity contribution in [1.82, 2.24) is 4.98 Å². The first kappa shape index (κ1) is 8.80. The summed E-state index contributed by atoms with van der Waals surface area (Å²) in [6.45, 7) is 4.01. The highest BCUT2D eigenvalue weighted by atomic mass is 14.7. The van der Waals surface area contributed by atoms with E-state index in [1.807, 2.05) is 31.3 Å². The standard InChI is InChI=1S/C11H13N/c1-3-4-7-10(2)11-8-5-6-9-12-11/h5-6,8-10H,7H2,1-2H3. The summed E-state index contributed by atoms with van der Waals surface area (Å²) in [5, 5.41) is 0. The van der Waals surface area contributed by atoms with Gasteiger partial charge >= 0.3 is 0 Å². The van der Waals surface area contributed by atoms with Gasteiger partial charge in [0.2, 0.25) is 0 Å². The van der Waals surface area contributed by atoms with Crippen molar-refractivity contribution in [3.8, 4) is 11.8 Å². The molecule has 1 unspecified atom stereocenters. The summed E-state index contributed by atoms with van der Waals surface area (Å²) in [6, 6.07) is 5.99. The molecule has 0 bridgehead atoms. The maximum atomic E-state index is 4.26. The number of nitrogens with zero attached hydrogens (tertiary/aromatic N) is 1. The van der Waals surface area contributed by atoms with Crippen LogP contribution in [0.1, 0.15) is 31.9 Å². The van der Waals surface area contributed by atoms with Crippen molar-refractivity contribution in [2.24, 2.45) is 0 Å². The summed E-state index contributed by atoms with van der Waals surface area (Å²) >= 11 is 0. The van der Waals surface area contributed by atoms with Crippen LogP contribution in [0.5, 0.6) is 0 Å². The Labute approximate surface area is 73.8 Å². The maximum Gasteiger partial charge on any atom is 0.0441 e. The Morgan fingerprint density at radius 1 is 1.50 bits per heavy atom. The van der Waals surface area contributed by atoms with Crippen LogP contribution in [0.15, 0.2) is 24.4 Å². The average molecular weight is 159 g/mol. The number of pyridine rings is 1. The highest BCUT2D eigenvalue weighted by molar-refractivity contribution is 5.11. The summed E-state index contributed by atoms with van der Waals surface area (Å²) in [4.78, 5) is 4.26. The van der Waals surface area contributed by atoms with E-state index in [9.17, 15) is 0 Å². The molecule has 62 valence electrons. The molecule has 0 amide bonds. The molecule has 0 aliphatic rings. The quantitative estimate of drug-likeness (QED) is 0.604. The molecule has 0 radical (unpaired) electrons. The summed E-state index contributed by atoms with van der Waals surface area (Å²) in [7, 11) is 0. The van der Waals surface area contributed by atoms with Crippen molar-refractivity contribution in [2.75, 3.05) is 0 Å². The summed E-state index contributed by atoms with van der Waals surface area (Å²) in [6.07, 6.45) is 2.72. The largest absolute Gasteiger partial charge is 0.261 e. The predicted molar refractivity (Wildman–Crippen MR) is 50.7 cm³/mol. The van der Waals surface area contributed by atoms with Crippen molar-refractivity contribution >= 4 is 0 Å². The SMILES string of the molecule is CC#CCC(C)c1ccccn1. The van der Waals surface area contributed by atoms with Gasteiger partial charge in [0.15, 0.2) is 0 Å². The second-order valence-electron chi connectivity index (χ2n) is 2.79. The zero-order valence-electron chi connectivity index (χ0n) is 7.54. The van der Waals surface area contributed by atoms with Gasteiger partial charge in [-0.3, -0.25) is 4.98 Å². The van der Waals surface area contributed by atoms with E-state index in [2.05, 4.69) is 23.7 Å². The third kappa shape index (κ3) is 2.39. The van der Waals surface area contributed by atoms with Gasteiger partial charge in [0.1, 0.15) is 0 Å². The number of hydrogen-bond donors (Lipinski definition) is 0. The Morgan fingerprint density at radius 2 is 2.33 bits per heavy atom. The topological polar surface area (TPSA) is 12.9 Å². The predicted octanol–water partition coefficient (Wildman–Crippen LogP) is 2.60. The van der Waals surface area contributed by atoms with E-state index in [-0.39, 0.29) is 0 Å². The molecule has 1 rings (SSSR count). The molecule has 1 aromatic rings. The highest BCUT2D eigenvalue weighted by Gasteiger charge is 2.02. The van der Waals surface area contributed by atoms with E-state index in [0.717, 1.165) is 12.1 Å². The fourth-order valence-electron chi connectivity index (χ4n) is 1.03. The van der Waals surface area contributed by atoms with Crippen molar-refractivity contribution in [2.45, 2.75) is 26.2 Å². The molecule has 0 fully saturated rings. The van der Waals surface area contributed by atoms with Gasteiger partial charge in [-0.05, 0) is 19.1 Å². The number of aromatic nitrogens is 1. The minimum absolute atomic E-state index is 0.443. The van der Waals surface area contributed by atoms with Crippen LogP contribution in [0.4, 0.5) is 0 Å². The van der Waals surface area contributed by atoms with Crippen LogP contribution in [-0.2, 0) is 0 Å². The Morgan fingerprint density at radius 3 is 2.92 bits per heavy atom. The smallest absolute Gasteiger partial charge is 0.0441 e. The van der Waals surface area contributed by atoms with Crippen molar-refractivity contribution in [1.29, 1.82) is 0 Å². The minimum Gasteiger partial charge on any atom is -0.261 e. The van der Waals surface area contributed by atoms with Gasteiger partial charge in [0.25, 0.3) is 0 Å². The Bertz CT molecular complexity index is 279. The molecule has 0 aromatic carbocycles. The molecule has 1 nitrogen and oxygen atoms in total. The summed E-state index contributed by atoms with van der Waals surface area (Å²) < 4.78 is 0. The third-order valence-corrected chi connectivity index (χ3v) is 1.78. The second kappa shape index (κ2) is 4.56. The fraction of sp³-hybridized carbons (Fsp3) is 0.364. The monoisotopic (exact) mass is 159 g/mol. The van der Waals surface area contributed by atoms with Crippen LogP contribution >= 0.6 is 0 Å². The molecule has 1 atom stereocenters. The minimum atomic E-state index is 0.443. The van der Waals surface area contributed by atoms with E-state index in [4.69, 9.17) is 0 Å². The maximum absolute atomic E-state index is 4.26. The van der Waals surface area contributed by atoms with Crippen molar-refractivity contribution < 1.29 is 0 Å². The molecule has 1 heteroatoms. The molecule has 0 spiro atoms. The van der Waals surface area contributed by atoms with Gasteiger partial charge in [0, 0.05) is 24.2 Å². The van der Waals surface area contributed by atoms with Crippen LogP contribution in [0.3, 0.4) is 0 Å². The summed E-state index contributed by atoms with van der Waals surface area (Å²) in [5.41, 5.74) is 1.13. The lowest BCUT2D eigenvalue weighted by Crippen LogP contribution is -1.94. The Kier molecular flexibility index (Phi) is 3.35. The average Bonchev–Trinajstić information content (AvgIpc) is 2.15. The van der Waals surface area contributed by atoms with Gasteiger partial charge < -0.3 is 0 Å². The first-order chi connectivity index (χ1) is 5.84. The van der Waals surface area contributed by atoms with Crippen LogP contribution in [0.25, 0.3) is 0 Å². The van der Waals surface area contributed by atoms with E-state index in [1.165, 1.54) is 0 Å². The van der Waals surface area contributed by atoms with E-state index in [1.54, 1.807) is 0 Å². The fourth-order valence-corrected chi connectivity index (χ4v) is 1.03. The number of hydrogen-bond acceptors (Lipinski definition) is 1. The zero-order chi connectivity index (χ0) is 8.81. The van der Waals surface area contributed by atoms with Crippen LogP contribution in [0, 0.1) is 11.8 Å². The third-order valence-electron chi connectivity index (χ3n) is 1.78. The van der Waals surface area contributed by atoms with Gasteiger partial charge in [-0.1, -0.05) is 13.0 Å². The molecular weight excluding hydrogens is 146 g/mol. The molecular formula is C11H13N. The van der Waals surface area contributed by atoms with E-state index in [0.29, 0.717) is 5.92 Å². The zero-order valence-corrected chi connectivity index (χ0v) is 7.54. The first-order valence-corrected chi connectivity index (χ1v) is 4.15. The van der Waals surface area contributed by atoms with Crippen molar-refractivity contribution in [3.63, 3.8) is 0 Å². The lowest BCUT2D eigenvalue weighted by molar-refractivity contribution is 0.762. The molecule has 0 aliphatic carbocycles. The van der Waals surface area contributed by atoms with Crippen LogP contribution in [0.2, 0.25) is 0 Å². The second-order valence-corrected chi connectivity index (χ2v) is 2.79. The first-order valence-electron chi connectivity index (χ1n) is 4.15. The van der Waals surface area contributed by atoms with Crippen LogP contribution < -0.4 is 0 Å². The van der Waals surface area contributed by atoms with Gasteiger partial charge in [-0.15, -0.1) is 11.8 Å². The van der Waals surface area contributed by atoms with Gasteiger partial charge in [0.05, 0.1) is 0 Å². The molecule has 1 heterocycles. The van der Waals surface area contributed by atoms with E-state index >= 15 is 0 Å². The van der Waals surface area contributed by atoms with E-state index < -0.39 is 0 Å². The molecule has 0 N–H and O–H groups in total. The molecule has 0 saturated heterocycles. The Balaban J connectivity index is 2.63. The van der Waals surface area contributed by atoms with Crippen LogP contribution in [-0.4, -0.2) is 4.98 Å². The summed E-state index contributed by atoms with van der Waals surface area (Å²) in [5.74, 6) is 6.39. The molecule has 0 aliphatic heterocycles. The molecule has 0 saturated carbocycles. The van der Waals surface area contributed by atoms with Crippen molar-refractivity contribution in [3.05, 3.63) is 30.1 Å². The Hall–Kier alpha value is -1.29. The molecule has 1 aromatic heterocycles. The van der Waals surface area contributed by atoms with Gasteiger partial charge in [-0.2, -0.15) is 0 Å². The lowest BCUT2D eigenvalue weighted by Gasteiger charge is -2.05. The highest BCUT2D eigenvalue weighted by Crippen LogP contribution is 2.14. The molecule has 12 heavy (non-hydrogen) atoms. The number of rotatable bonds is 2. The normalized spacial score (nSPS) is 11.5. The van der Waals surface area contributed by atoms with Gasteiger partial charge in [-0.25, -0.2) is 0 Å². The lowest BCUT2D eigenvalue weighted by atomic mass is 10.0.